The maximum atomic E-state index is 15.5. The molecule has 0 saturated carbocycles. The molecule has 2 heterocycles. The second-order valence-electron chi connectivity index (χ2n) is 22.7. The van der Waals surface area contributed by atoms with Gasteiger partial charge in [-0.15, -0.1) is 0 Å². The highest BCUT2D eigenvalue weighted by Crippen LogP contribution is 2.74. The third-order valence-electron chi connectivity index (χ3n) is 19.8. The van der Waals surface area contributed by atoms with Gasteiger partial charge in [0.05, 0.1) is 33.8 Å². The zero-order valence-corrected chi connectivity index (χ0v) is 41.6. The fourth-order valence-corrected chi connectivity index (χ4v) is 17.0. The van der Waals surface area contributed by atoms with E-state index in [9.17, 15) is 0 Å². The molecule has 3 nitrogen and oxygen atoms in total. The topological polar surface area (TPSA) is 38.5 Å². The number of hydrogen-bond donors (Lipinski definition) is 0. The second-order valence-corrected chi connectivity index (χ2v) is 22.7. The van der Waals surface area contributed by atoms with Crippen molar-refractivity contribution in [1.29, 1.82) is 0 Å². The maximum absolute atomic E-state index is 15.5. The van der Waals surface area contributed by atoms with Crippen molar-refractivity contribution in [2.75, 3.05) is 0 Å². The molecule has 11 aromatic carbocycles. The van der Waals surface area contributed by atoms with Crippen molar-refractivity contribution in [2.45, 2.75) is 34.5 Å². The zero-order chi connectivity index (χ0) is 50.2. The fraction of sp³-hybridized carbons (Fsp3) is 0.0811. The van der Waals surface area contributed by atoms with Gasteiger partial charge in [0.25, 0.3) is 0 Å². The van der Waals surface area contributed by atoms with Crippen LogP contribution >= 0.6 is 0 Å². The normalized spacial score (nSPS) is 20.9. The van der Waals surface area contributed by atoms with Crippen LogP contribution in [0.2, 0.25) is 0 Å². The molecule has 3 heteroatoms. The van der Waals surface area contributed by atoms with Gasteiger partial charge in [-0.1, -0.05) is 194 Å². The van der Waals surface area contributed by atoms with E-state index in [4.69, 9.17) is 0 Å². The summed E-state index contributed by atoms with van der Waals surface area (Å²) in [4.78, 5) is 31.1. The van der Waals surface area contributed by atoms with Crippen LogP contribution in [0.15, 0.2) is 237 Å². The lowest BCUT2D eigenvalue weighted by Crippen LogP contribution is -2.61. The highest BCUT2D eigenvalue weighted by Gasteiger charge is 2.69. The van der Waals surface area contributed by atoms with E-state index >= 15 is 9.59 Å². The molecule has 3 atom stereocenters. The number of carbonyl (C=O) groups excluding carboxylic acids is 2. The van der Waals surface area contributed by atoms with Crippen LogP contribution in [-0.4, -0.2) is 16.0 Å². The van der Waals surface area contributed by atoms with Gasteiger partial charge in [-0.2, -0.15) is 0 Å². The average molecular weight is 978 g/mol. The van der Waals surface area contributed by atoms with E-state index in [-0.39, 0.29) is 40.7 Å². The Labute approximate surface area is 443 Å². The summed E-state index contributed by atoms with van der Waals surface area (Å²) in [5.41, 5.74) is 25.4. The smallest absolute Gasteiger partial charge is 0.175 e. The van der Waals surface area contributed by atoms with Crippen LogP contribution in [0.4, 0.5) is 0 Å². The molecule has 7 aliphatic carbocycles. The second kappa shape index (κ2) is 13.9. The SMILES string of the molecule is O=C1c2cc3c(cc2C2c4ccccc4C1c1ccccc12)c1cc(-c2ccc4c(c2)C(c2ccccc2)(c2ccccc2)c2ccccc2-4)cc2c4cc5c(cc4n3c12)C(=O)C1c2ccccc2C12c1ccccc1C52. The molecule has 0 saturated heterocycles. The number of nitrogens with zero attached hydrogens (tertiary/aromatic N) is 1. The highest BCUT2D eigenvalue weighted by atomic mass is 16.1. The molecule has 0 amide bonds. The number of carbonyl (C=O) groups is 2. The molecule has 356 valence electrons. The molecular weight excluding hydrogens is 935 g/mol. The Morgan fingerprint density at radius 3 is 1.40 bits per heavy atom. The number of hydrogen-bond acceptors (Lipinski definition) is 2. The molecule has 0 radical (unpaired) electrons. The maximum Gasteiger partial charge on any atom is 0.175 e. The van der Waals surface area contributed by atoms with Crippen molar-refractivity contribution in [1.82, 2.24) is 4.40 Å². The molecule has 0 fully saturated rings. The van der Waals surface area contributed by atoms with E-state index in [1.165, 1.54) is 61.2 Å². The first-order chi connectivity index (χ1) is 38.0. The Morgan fingerprint density at radius 1 is 0.312 bits per heavy atom. The molecule has 77 heavy (non-hydrogen) atoms. The van der Waals surface area contributed by atoms with E-state index in [2.05, 4.69) is 241 Å². The minimum absolute atomic E-state index is 0.0570. The summed E-state index contributed by atoms with van der Waals surface area (Å²) >= 11 is 0. The summed E-state index contributed by atoms with van der Waals surface area (Å²) in [6, 6.07) is 87.0. The van der Waals surface area contributed by atoms with Crippen LogP contribution in [-0.2, 0) is 10.8 Å². The van der Waals surface area contributed by atoms with Gasteiger partial charge in [0.2, 0.25) is 0 Å². The first kappa shape index (κ1) is 40.9. The Kier molecular flexibility index (Phi) is 7.37. The van der Waals surface area contributed by atoms with Gasteiger partial charge in [-0.3, -0.25) is 9.59 Å². The van der Waals surface area contributed by atoms with Gasteiger partial charge in [-0.05, 0) is 143 Å². The van der Waals surface area contributed by atoms with Crippen LogP contribution in [0.3, 0.4) is 0 Å². The van der Waals surface area contributed by atoms with E-state index in [0.717, 1.165) is 88.2 Å². The number of rotatable bonds is 3. The van der Waals surface area contributed by atoms with Gasteiger partial charge >= 0.3 is 0 Å². The predicted molar refractivity (Wildman–Crippen MR) is 306 cm³/mol. The van der Waals surface area contributed by atoms with E-state index in [1.54, 1.807) is 0 Å². The number of Topliss-reactive ketones (excluding diaryl/α,β-unsaturated/α-hetero) is 2. The van der Waals surface area contributed by atoms with Crippen molar-refractivity contribution < 1.29 is 9.59 Å². The van der Waals surface area contributed by atoms with Crippen molar-refractivity contribution in [3.05, 3.63) is 326 Å². The Bertz CT molecular complexity index is 4800. The lowest BCUT2D eigenvalue weighted by atomic mass is 9.36. The lowest BCUT2D eigenvalue weighted by molar-refractivity contribution is 0.0847. The molecule has 2 bridgehead atoms. The fourth-order valence-electron chi connectivity index (χ4n) is 17.0. The monoisotopic (exact) mass is 977 g/mol. The first-order valence-electron chi connectivity index (χ1n) is 27.2. The third kappa shape index (κ3) is 4.56. The van der Waals surface area contributed by atoms with Crippen LogP contribution in [0.5, 0.6) is 0 Å². The van der Waals surface area contributed by atoms with Crippen LogP contribution in [0, 0.1) is 0 Å². The minimum Gasteiger partial charge on any atom is -0.308 e. The van der Waals surface area contributed by atoms with Crippen LogP contribution < -0.4 is 0 Å². The molecule has 0 N–H and O–H groups in total. The molecule has 1 spiro atoms. The molecule has 7 aliphatic rings. The predicted octanol–water partition coefficient (Wildman–Crippen LogP) is 16.4. The molecule has 13 aromatic rings. The summed E-state index contributed by atoms with van der Waals surface area (Å²) in [5.74, 6) is -0.321. The van der Waals surface area contributed by atoms with Crippen LogP contribution in [0.25, 0.3) is 60.3 Å². The van der Waals surface area contributed by atoms with E-state index in [0.29, 0.717) is 0 Å². The Balaban J connectivity index is 0.919. The van der Waals surface area contributed by atoms with Crippen molar-refractivity contribution >= 4 is 49.7 Å². The number of fused-ring (bicyclic) bond motifs is 15. The van der Waals surface area contributed by atoms with Crippen molar-refractivity contribution in [2.24, 2.45) is 0 Å². The largest absolute Gasteiger partial charge is 0.308 e. The van der Waals surface area contributed by atoms with Crippen molar-refractivity contribution in [3.8, 4) is 22.3 Å². The molecule has 2 aromatic heterocycles. The number of aromatic nitrogens is 1. The van der Waals surface area contributed by atoms with Gasteiger partial charge < -0.3 is 4.40 Å². The average Bonchev–Trinajstić information content (AvgIpc) is 4.21. The van der Waals surface area contributed by atoms with Gasteiger partial charge in [0.15, 0.2) is 11.6 Å². The summed E-state index contributed by atoms with van der Waals surface area (Å²) in [6.45, 7) is 0. The Morgan fingerprint density at radius 2 is 0.792 bits per heavy atom. The molecule has 20 rings (SSSR count). The highest BCUT2D eigenvalue weighted by molar-refractivity contribution is 6.27. The summed E-state index contributed by atoms with van der Waals surface area (Å²) in [6.07, 6.45) is 0. The number of ketones is 2. The summed E-state index contributed by atoms with van der Waals surface area (Å²) < 4.78 is 2.41. The summed E-state index contributed by atoms with van der Waals surface area (Å²) in [5, 5.41) is 4.53. The molecule has 0 aliphatic heterocycles. The number of benzene rings is 11. The minimum atomic E-state index is -0.553. The summed E-state index contributed by atoms with van der Waals surface area (Å²) in [7, 11) is 0. The van der Waals surface area contributed by atoms with Gasteiger partial charge in [0.1, 0.15) is 0 Å². The Hall–Kier alpha value is -9.44. The third-order valence-corrected chi connectivity index (χ3v) is 19.8. The molecule has 3 unspecified atom stereocenters. The van der Waals surface area contributed by atoms with Crippen molar-refractivity contribution in [3.63, 3.8) is 0 Å². The first-order valence-corrected chi connectivity index (χ1v) is 27.2. The zero-order valence-electron chi connectivity index (χ0n) is 41.6. The molecular formula is C74H43NO2. The standard InChI is InChI=1S/C74H43NO2/c76-71-58-38-64-52(36-54(58)66-46-22-7-9-24-48(46)67(71)49-25-10-8-23-47(49)66)56-33-41(40-31-32-45-44-21-11-14-28-60(44)73(63(45)35-40,42-17-3-1-4-18-42)43-19-5-2-6-20-43)34-57-53-37-55-59(39-65(53)75(64)70(56)57)72(77)69-51-27-13-16-30-62(51)74(69)61-29-15-12-26-50(61)68(55)74/h1-39,66-69H. The van der Waals surface area contributed by atoms with Crippen LogP contribution in [0.1, 0.15) is 122 Å². The van der Waals surface area contributed by atoms with E-state index < -0.39 is 5.41 Å². The van der Waals surface area contributed by atoms with E-state index in [1.807, 2.05) is 0 Å². The quantitative estimate of drug-likeness (QED) is 0.177. The lowest BCUT2D eigenvalue weighted by Gasteiger charge is -2.64. The van der Waals surface area contributed by atoms with Gasteiger partial charge in [0, 0.05) is 49.9 Å². The van der Waals surface area contributed by atoms with Gasteiger partial charge in [-0.25, -0.2) is 0 Å².